The van der Waals surface area contributed by atoms with Gasteiger partial charge in [0.15, 0.2) is 5.11 Å². The minimum atomic E-state index is -0.245. The smallest absolute Gasteiger partial charge is 0.169 e. The number of nitrogens with one attached hydrogen (secondary N) is 1. The molecule has 0 amide bonds. The van der Waals surface area contributed by atoms with E-state index in [4.69, 9.17) is 23.8 Å². The summed E-state index contributed by atoms with van der Waals surface area (Å²) in [5.41, 5.74) is 0.554. The Morgan fingerprint density at radius 1 is 1.26 bits per heavy atom. The number of benzene rings is 1. The molecule has 2 bridgehead atoms. The molecular formula is C18H22ClFN2S. The third kappa shape index (κ3) is 3.20. The number of halogens is 2. The molecule has 4 rings (SSSR count). The molecule has 0 radical (unpaired) electrons. The highest BCUT2D eigenvalue weighted by molar-refractivity contribution is 7.80. The van der Waals surface area contributed by atoms with Crippen molar-refractivity contribution in [3.63, 3.8) is 0 Å². The summed E-state index contributed by atoms with van der Waals surface area (Å²) in [5, 5.41) is 4.85. The second-order valence-corrected chi connectivity index (χ2v) is 8.08. The van der Waals surface area contributed by atoms with Crippen LogP contribution in [0.4, 0.5) is 4.39 Å². The third-order valence-corrected chi connectivity index (χ3v) is 6.39. The molecule has 2 nitrogen and oxygen atoms in total. The van der Waals surface area contributed by atoms with Crippen LogP contribution in [0.1, 0.15) is 44.1 Å². The molecule has 1 aromatic rings. The standard InChI is InChI=1S/C18H22ClFN2S/c19-15-2-1-3-16(20)14(15)10-22(13-6-7-13)18(23)21-17-9-11-4-5-12(17)8-11/h1-3,11-13,17H,4-10H2,(H,21,23). The Morgan fingerprint density at radius 2 is 2.09 bits per heavy atom. The highest BCUT2D eigenvalue weighted by Gasteiger charge is 2.41. The zero-order valence-corrected chi connectivity index (χ0v) is 14.7. The molecule has 0 aromatic heterocycles. The fraction of sp³-hybridized carbons (Fsp3) is 0.611. The van der Waals surface area contributed by atoms with E-state index in [9.17, 15) is 4.39 Å². The maximum Gasteiger partial charge on any atom is 0.169 e. The van der Waals surface area contributed by atoms with Crippen molar-refractivity contribution in [1.82, 2.24) is 10.2 Å². The lowest BCUT2D eigenvalue weighted by Crippen LogP contribution is -2.47. The van der Waals surface area contributed by atoms with Gasteiger partial charge in [-0.3, -0.25) is 0 Å². The van der Waals surface area contributed by atoms with E-state index in [2.05, 4.69) is 10.2 Å². The van der Waals surface area contributed by atoms with E-state index in [1.807, 2.05) is 0 Å². The molecule has 3 unspecified atom stereocenters. The van der Waals surface area contributed by atoms with E-state index in [0.717, 1.165) is 29.8 Å². The number of rotatable bonds is 4. The Bertz CT molecular complexity index is 599. The number of hydrogen-bond acceptors (Lipinski definition) is 1. The first-order valence-electron chi connectivity index (χ1n) is 8.62. The van der Waals surface area contributed by atoms with Crippen LogP contribution < -0.4 is 5.32 Å². The van der Waals surface area contributed by atoms with Crippen LogP contribution in [0.2, 0.25) is 5.02 Å². The first-order chi connectivity index (χ1) is 11.1. The van der Waals surface area contributed by atoms with E-state index in [-0.39, 0.29) is 5.82 Å². The maximum atomic E-state index is 14.1. The number of hydrogen-bond donors (Lipinski definition) is 1. The van der Waals surface area contributed by atoms with Gasteiger partial charge in [0, 0.05) is 29.2 Å². The van der Waals surface area contributed by atoms with Crippen LogP contribution in [0.3, 0.4) is 0 Å². The minimum Gasteiger partial charge on any atom is -0.360 e. The van der Waals surface area contributed by atoms with Crippen molar-refractivity contribution in [2.24, 2.45) is 11.8 Å². The fourth-order valence-corrected chi connectivity index (χ4v) is 4.86. The topological polar surface area (TPSA) is 15.3 Å². The lowest BCUT2D eigenvalue weighted by molar-refractivity contribution is 0.347. The van der Waals surface area contributed by atoms with Crippen LogP contribution in [-0.2, 0) is 6.54 Å². The van der Waals surface area contributed by atoms with Gasteiger partial charge in [-0.05, 0) is 68.3 Å². The Morgan fingerprint density at radius 3 is 2.70 bits per heavy atom. The lowest BCUT2D eigenvalue weighted by atomic mass is 9.95. The molecule has 1 N–H and O–H groups in total. The summed E-state index contributed by atoms with van der Waals surface area (Å²) < 4.78 is 14.1. The number of nitrogens with zero attached hydrogens (tertiary/aromatic N) is 1. The molecule has 3 aliphatic rings. The molecule has 3 aliphatic carbocycles. The van der Waals surface area contributed by atoms with Crippen LogP contribution in [-0.4, -0.2) is 22.1 Å². The number of thiocarbonyl (C=S) groups is 1. The summed E-state index contributed by atoms with van der Waals surface area (Å²) in [4.78, 5) is 2.14. The molecule has 3 fully saturated rings. The summed E-state index contributed by atoms with van der Waals surface area (Å²) in [6, 6.07) is 5.81. The van der Waals surface area contributed by atoms with Crippen LogP contribution in [0.25, 0.3) is 0 Å². The van der Waals surface area contributed by atoms with Gasteiger partial charge in [-0.25, -0.2) is 4.39 Å². The zero-order chi connectivity index (χ0) is 16.0. The van der Waals surface area contributed by atoms with Gasteiger partial charge >= 0.3 is 0 Å². The Hall–Kier alpha value is -0.870. The van der Waals surface area contributed by atoms with E-state index >= 15 is 0 Å². The molecule has 1 aromatic carbocycles. The summed E-state index contributed by atoms with van der Waals surface area (Å²) in [5.74, 6) is 1.41. The van der Waals surface area contributed by atoms with Crippen molar-refractivity contribution in [3.8, 4) is 0 Å². The largest absolute Gasteiger partial charge is 0.360 e. The first kappa shape index (κ1) is 15.6. The molecule has 0 aliphatic heterocycles. The highest BCUT2D eigenvalue weighted by atomic mass is 35.5. The van der Waals surface area contributed by atoms with Gasteiger partial charge in [-0.15, -0.1) is 0 Å². The van der Waals surface area contributed by atoms with Crippen LogP contribution in [0.15, 0.2) is 18.2 Å². The summed E-state index contributed by atoms with van der Waals surface area (Å²) in [7, 11) is 0. The number of fused-ring (bicyclic) bond motifs is 2. The summed E-state index contributed by atoms with van der Waals surface area (Å²) >= 11 is 11.9. The predicted molar refractivity (Wildman–Crippen MR) is 94.9 cm³/mol. The maximum absolute atomic E-state index is 14.1. The molecule has 0 heterocycles. The molecule has 5 heteroatoms. The van der Waals surface area contributed by atoms with Crippen molar-refractivity contribution in [2.45, 2.75) is 57.2 Å². The summed E-state index contributed by atoms with van der Waals surface area (Å²) in [6.07, 6.45) is 7.56. The van der Waals surface area contributed by atoms with Crippen LogP contribution in [0.5, 0.6) is 0 Å². The Kier molecular flexibility index (Phi) is 4.22. The summed E-state index contributed by atoms with van der Waals surface area (Å²) in [6.45, 7) is 0.461. The molecule has 124 valence electrons. The van der Waals surface area contributed by atoms with Gasteiger partial charge in [0.05, 0.1) is 0 Å². The molecular weight excluding hydrogens is 331 g/mol. The van der Waals surface area contributed by atoms with Gasteiger partial charge in [0.2, 0.25) is 0 Å². The van der Waals surface area contributed by atoms with Gasteiger partial charge in [0.25, 0.3) is 0 Å². The molecule has 3 atom stereocenters. The van der Waals surface area contributed by atoms with Crippen molar-refractivity contribution < 1.29 is 4.39 Å². The van der Waals surface area contributed by atoms with E-state index < -0.39 is 0 Å². The van der Waals surface area contributed by atoms with Crippen molar-refractivity contribution in [3.05, 3.63) is 34.6 Å². The third-order valence-electron chi connectivity index (χ3n) is 5.69. The Balaban J connectivity index is 1.46. The lowest BCUT2D eigenvalue weighted by Gasteiger charge is -2.31. The quantitative estimate of drug-likeness (QED) is 0.803. The second kappa shape index (κ2) is 6.21. The second-order valence-electron chi connectivity index (χ2n) is 7.29. The van der Waals surface area contributed by atoms with Crippen molar-refractivity contribution in [2.75, 3.05) is 0 Å². The molecule has 0 spiro atoms. The van der Waals surface area contributed by atoms with Gasteiger partial charge in [-0.2, -0.15) is 0 Å². The average Bonchev–Trinajstić information content (AvgIpc) is 3.14. The van der Waals surface area contributed by atoms with E-state index in [1.165, 1.54) is 31.7 Å². The highest BCUT2D eigenvalue weighted by Crippen LogP contribution is 2.44. The van der Waals surface area contributed by atoms with E-state index in [0.29, 0.717) is 29.2 Å². The van der Waals surface area contributed by atoms with E-state index in [1.54, 1.807) is 12.1 Å². The SMILES string of the molecule is Fc1cccc(Cl)c1CN(C(=S)NC1CC2CCC1C2)C1CC1. The fourth-order valence-electron chi connectivity index (χ4n) is 4.27. The molecule has 23 heavy (non-hydrogen) atoms. The molecule has 0 saturated heterocycles. The van der Waals surface area contributed by atoms with Crippen LogP contribution >= 0.6 is 23.8 Å². The minimum absolute atomic E-state index is 0.245. The van der Waals surface area contributed by atoms with Crippen LogP contribution in [0, 0.1) is 17.7 Å². The van der Waals surface area contributed by atoms with Gasteiger partial charge < -0.3 is 10.2 Å². The van der Waals surface area contributed by atoms with Gasteiger partial charge in [-0.1, -0.05) is 24.1 Å². The first-order valence-corrected chi connectivity index (χ1v) is 9.40. The van der Waals surface area contributed by atoms with Gasteiger partial charge in [0.1, 0.15) is 5.82 Å². The molecule has 3 saturated carbocycles. The monoisotopic (exact) mass is 352 g/mol. The normalized spacial score (nSPS) is 28.9. The Labute approximate surface area is 147 Å². The van der Waals surface area contributed by atoms with Crippen molar-refractivity contribution in [1.29, 1.82) is 0 Å². The zero-order valence-electron chi connectivity index (χ0n) is 13.1. The van der Waals surface area contributed by atoms with Crippen molar-refractivity contribution >= 4 is 28.9 Å². The predicted octanol–water partition coefficient (Wildman–Crippen LogP) is 4.51. The average molecular weight is 353 g/mol.